The molecule has 1 fully saturated rings. The summed E-state index contributed by atoms with van der Waals surface area (Å²) in [6, 6.07) is 12.9. The van der Waals surface area contributed by atoms with Crippen molar-refractivity contribution in [2.45, 2.75) is 25.3 Å². The van der Waals surface area contributed by atoms with E-state index in [2.05, 4.69) is 24.0 Å². The van der Waals surface area contributed by atoms with Crippen molar-refractivity contribution in [1.82, 2.24) is 9.21 Å². The maximum atomic E-state index is 13.1. The lowest BCUT2D eigenvalue weighted by molar-refractivity contribution is 0.0600. The molecule has 0 amide bonds. The fraction of sp³-hybridized carbons (Fsp3) is 0.381. The number of benzene rings is 2. The lowest BCUT2D eigenvalue weighted by atomic mass is 10.1. The molecule has 0 saturated carbocycles. The maximum Gasteiger partial charge on any atom is 0.337 e. The average Bonchev–Trinajstić information content (AvgIpc) is 2.70. The molecule has 3 rings (SSSR count). The van der Waals surface area contributed by atoms with Crippen LogP contribution >= 0.6 is 0 Å². The molecule has 150 valence electrons. The summed E-state index contributed by atoms with van der Waals surface area (Å²) in [5, 5.41) is 0. The largest absolute Gasteiger partial charge is 0.465 e. The summed E-state index contributed by atoms with van der Waals surface area (Å²) < 4.78 is 32.5. The number of nitrogens with zero attached hydrogens (tertiary/aromatic N) is 2. The van der Waals surface area contributed by atoms with E-state index in [0.717, 1.165) is 6.54 Å². The Balaban J connectivity index is 1.73. The first kappa shape index (κ1) is 20.5. The number of carbonyl (C=O) groups excluding carboxylic acids is 1. The smallest absolute Gasteiger partial charge is 0.337 e. The van der Waals surface area contributed by atoms with Crippen LogP contribution in [0.4, 0.5) is 0 Å². The average molecular weight is 403 g/mol. The Bertz CT molecular complexity index is 964. The maximum absolute atomic E-state index is 13.1. The SMILES string of the molecule is COC(=O)c1ccc(C)c(S(=O)(=O)N2CCN(Cc3ccccc3C)CC2)c1. The van der Waals surface area contributed by atoms with E-state index < -0.39 is 16.0 Å². The lowest BCUT2D eigenvalue weighted by Gasteiger charge is -2.34. The van der Waals surface area contributed by atoms with Crippen LogP contribution in [0.3, 0.4) is 0 Å². The highest BCUT2D eigenvalue weighted by Gasteiger charge is 2.30. The standard InChI is InChI=1S/C21H26N2O4S/c1-16-6-4-5-7-19(16)15-22-10-12-23(13-11-22)28(25,26)20-14-18(21(24)27-3)9-8-17(20)2/h4-9,14H,10-13,15H2,1-3H3. The van der Waals surface area contributed by atoms with Gasteiger partial charge in [0.2, 0.25) is 10.0 Å². The van der Waals surface area contributed by atoms with Crippen molar-refractivity contribution in [3.05, 3.63) is 64.7 Å². The van der Waals surface area contributed by atoms with Crippen LogP contribution in [0.1, 0.15) is 27.0 Å². The van der Waals surface area contributed by atoms with Gasteiger partial charge in [-0.05, 0) is 42.7 Å². The quantitative estimate of drug-likeness (QED) is 0.719. The Morgan fingerprint density at radius 2 is 1.68 bits per heavy atom. The van der Waals surface area contributed by atoms with Crippen LogP contribution in [-0.4, -0.2) is 56.9 Å². The van der Waals surface area contributed by atoms with Gasteiger partial charge in [0.25, 0.3) is 0 Å². The van der Waals surface area contributed by atoms with Gasteiger partial charge in [-0.2, -0.15) is 4.31 Å². The minimum Gasteiger partial charge on any atom is -0.465 e. The highest BCUT2D eigenvalue weighted by Crippen LogP contribution is 2.23. The number of methoxy groups -OCH3 is 1. The van der Waals surface area contributed by atoms with Gasteiger partial charge in [-0.25, -0.2) is 13.2 Å². The second-order valence-electron chi connectivity index (χ2n) is 7.08. The van der Waals surface area contributed by atoms with Crippen molar-refractivity contribution in [2.75, 3.05) is 33.3 Å². The summed E-state index contributed by atoms with van der Waals surface area (Å²) in [6.07, 6.45) is 0. The molecule has 0 bridgehead atoms. The monoisotopic (exact) mass is 402 g/mol. The number of ether oxygens (including phenoxy) is 1. The molecule has 0 atom stereocenters. The molecule has 0 unspecified atom stereocenters. The second-order valence-corrected chi connectivity index (χ2v) is 8.98. The number of aryl methyl sites for hydroxylation is 2. The Morgan fingerprint density at radius 3 is 2.32 bits per heavy atom. The van der Waals surface area contributed by atoms with E-state index in [9.17, 15) is 13.2 Å². The van der Waals surface area contributed by atoms with Crippen LogP contribution in [-0.2, 0) is 21.3 Å². The van der Waals surface area contributed by atoms with Gasteiger partial charge in [0.15, 0.2) is 0 Å². The van der Waals surface area contributed by atoms with E-state index in [-0.39, 0.29) is 10.5 Å². The highest BCUT2D eigenvalue weighted by atomic mass is 32.2. The van der Waals surface area contributed by atoms with Gasteiger partial charge in [0, 0.05) is 32.7 Å². The van der Waals surface area contributed by atoms with Gasteiger partial charge in [-0.15, -0.1) is 0 Å². The van der Waals surface area contributed by atoms with Crippen LogP contribution in [0.25, 0.3) is 0 Å². The molecule has 1 saturated heterocycles. The molecule has 2 aromatic carbocycles. The molecule has 28 heavy (non-hydrogen) atoms. The minimum atomic E-state index is -3.66. The summed E-state index contributed by atoms with van der Waals surface area (Å²) >= 11 is 0. The number of rotatable bonds is 5. The normalized spacial score (nSPS) is 16.1. The summed E-state index contributed by atoms with van der Waals surface area (Å²) in [7, 11) is -2.38. The lowest BCUT2D eigenvalue weighted by Crippen LogP contribution is -2.48. The molecule has 0 aromatic heterocycles. The Labute approximate surface area is 166 Å². The number of carbonyl (C=O) groups is 1. The molecule has 1 aliphatic rings. The van der Waals surface area contributed by atoms with E-state index in [1.807, 2.05) is 12.1 Å². The van der Waals surface area contributed by atoms with Crippen LogP contribution in [0.2, 0.25) is 0 Å². The van der Waals surface area contributed by atoms with Crippen molar-refractivity contribution in [3.63, 3.8) is 0 Å². The van der Waals surface area contributed by atoms with E-state index in [1.165, 1.54) is 28.6 Å². The van der Waals surface area contributed by atoms with Crippen molar-refractivity contribution >= 4 is 16.0 Å². The summed E-state index contributed by atoms with van der Waals surface area (Å²) in [4.78, 5) is 14.2. The van der Waals surface area contributed by atoms with Crippen molar-refractivity contribution in [2.24, 2.45) is 0 Å². The zero-order chi connectivity index (χ0) is 20.3. The Hall–Kier alpha value is -2.22. The third-order valence-corrected chi connectivity index (χ3v) is 7.25. The molecule has 7 heteroatoms. The Morgan fingerprint density at radius 1 is 1.00 bits per heavy atom. The minimum absolute atomic E-state index is 0.169. The van der Waals surface area contributed by atoms with Gasteiger partial charge in [-0.3, -0.25) is 4.90 Å². The summed E-state index contributed by atoms with van der Waals surface area (Å²) in [5.41, 5.74) is 3.37. The first-order valence-corrected chi connectivity index (χ1v) is 10.7. The predicted octanol–water partition coefficient (Wildman–Crippen LogP) is 2.60. The van der Waals surface area contributed by atoms with Crippen LogP contribution in [0, 0.1) is 13.8 Å². The molecule has 1 heterocycles. The number of sulfonamides is 1. The van der Waals surface area contributed by atoms with Crippen LogP contribution < -0.4 is 0 Å². The molecule has 0 radical (unpaired) electrons. The van der Waals surface area contributed by atoms with Crippen molar-refractivity contribution < 1.29 is 17.9 Å². The van der Waals surface area contributed by atoms with E-state index >= 15 is 0 Å². The van der Waals surface area contributed by atoms with Gasteiger partial charge < -0.3 is 4.74 Å². The fourth-order valence-corrected chi connectivity index (χ4v) is 5.09. The molecule has 1 aliphatic heterocycles. The zero-order valence-corrected chi connectivity index (χ0v) is 17.3. The molecule has 0 spiro atoms. The molecule has 0 N–H and O–H groups in total. The molecule has 0 aliphatic carbocycles. The molecular formula is C21H26N2O4S. The summed E-state index contributed by atoms with van der Waals surface area (Å²) in [5.74, 6) is -0.542. The Kier molecular flexibility index (Phi) is 6.17. The van der Waals surface area contributed by atoms with Crippen molar-refractivity contribution in [1.29, 1.82) is 0 Å². The topological polar surface area (TPSA) is 66.9 Å². The van der Waals surface area contributed by atoms with E-state index in [0.29, 0.717) is 31.7 Å². The van der Waals surface area contributed by atoms with Gasteiger partial charge in [0.1, 0.15) is 0 Å². The number of esters is 1. The van der Waals surface area contributed by atoms with Crippen molar-refractivity contribution in [3.8, 4) is 0 Å². The number of hydrogen-bond donors (Lipinski definition) is 0. The zero-order valence-electron chi connectivity index (χ0n) is 16.5. The highest BCUT2D eigenvalue weighted by molar-refractivity contribution is 7.89. The number of hydrogen-bond acceptors (Lipinski definition) is 5. The number of piperazine rings is 1. The van der Waals surface area contributed by atoms with E-state index in [4.69, 9.17) is 4.74 Å². The fourth-order valence-electron chi connectivity index (χ4n) is 3.42. The summed E-state index contributed by atoms with van der Waals surface area (Å²) in [6.45, 7) is 6.84. The predicted molar refractivity (Wildman–Crippen MR) is 108 cm³/mol. The third-order valence-electron chi connectivity index (χ3n) is 5.21. The van der Waals surface area contributed by atoms with Crippen LogP contribution in [0.5, 0.6) is 0 Å². The van der Waals surface area contributed by atoms with Crippen LogP contribution in [0.15, 0.2) is 47.4 Å². The van der Waals surface area contributed by atoms with Gasteiger partial charge >= 0.3 is 5.97 Å². The van der Waals surface area contributed by atoms with E-state index in [1.54, 1.807) is 19.1 Å². The third kappa shape index (κ3) is 4.27. The first-order valence-electron chi connectivity index (χ1n) is 9.29. The first-order chi connectivity index (χ1) is 13.3. The van der Waals surface area contributed by atoms with Gasteiger partial charge in [-0.1, -0.05) is 30.3 Å². The second kappa shape index (κ2) is 8.43. The molecule has 2 aromatic rings. The molecule has 6 nitrogen and oxygen atoms in total. The van der Waals surface area contributed by atoms with Gasteiger partial charge in [0.05, 0.1) is 17.6 Å². The molecular weight excluding hydrogens is 376 g/mol.